The Morgan fingerprint density at radius 1 is 1.00 bits per heavy atom. The smallest absolute Gasteiger partial charge is 0.0631 e. The Morgan fingerprint density at radius 2 is 1.59 bits per heavy atom. The molecule has 0 radical (unpaired) electrons. The van der Waals surface area contributed by atoms with Crippen LogP contribution < -0.4 is 5.73 Å². The van der Waals surface area contributed by atoms with E-state index in [2.05, 4.69) is 13.8 Å². The highest BCUT2D eigenvalue weighted by Gasteiger charge is 2.36. The zero-order chi connectivity index (χ0) is 12.4. The minimum absolute atomic E-state index is 0.0610. The second-order valence-corrected chi connectivity index (χ2v) is 6.87. The van der Waals surface area contributed by atoms with Gasteiger partial charge in [0.2, 0.25) is 0 Å². The molecule has 1 saturated heterocycles. The van der Waals surface area contributed by atoms with Crippen LogP contribution in [0.4, 0.5) is 0 Å². The monoisotopic (exact) mass is 239 g/mol. The first kappa shape index (κ1) is 13.4. The van der Waals surface area contributed by atoms with E-state index in [4.69, 9.17) is 10.5 Å². The largest absolute Gasteiger partial charge is 0.372 e. The molecule has 2 rings (SSSR count). The van der Waals surface area contributed by atoms with Gasteiger partial charge in [-0.05, 0) is 46.0 Å². The summed E-state index contributed by atoms with van der Waals surface area (Å²) in [5.74, 6) is 0. The topological polar surface area (TPSA) is 35.2 Å². The van der Waals surface area contributed by atoms with Crippen LogP contribution in [-0.2, 0) is 4.74 Å². The summed E-state index contributed by atoms with van der Waals surface area (Å²) in [6.45, 7) is 4.41. The third kappa shape index (κ3) is 3.96. The molecule has 2 N–H and O–H groups in total. The molecule has 2 fully saturated rings. The summed E-state index contributed by atoms with van der Waals surface area (Å²) in [5, 5.41) is 0. The molecule has 1 aliphatic carbocycles. The predicted octanol–water partition coefficient (Wildman–Crippen LogP) is 3.78. The Kier molecular flexibility index (Phi) is 4.14. The molecular formula is C15H29NO. The molecule has 17 heavy (non-hydrogen) atoms. The number of rotatable bonds is 2. The van der Waals surface area contributed by atoms with Crippen molar-refractivity contribution >= 4 is 0 Å². The molecule has 100 valence electrons. The van der Waals surface area contributed by atoms with Crippen LogP contribution in [-0.4, -0.2) is 17.2 Å². The van der Waals surface area contributed by atoms with Gasteiger partial charge in [0, 0.05) is 5.54 Å². The summed E-state index contributed by atoms with van der Waals surface area (Å²) < 4.78 is 6.11. The Hall–Kier alpha value is -0.0800. The second kappa shape index (κ2) is 5.27. The van der Waals surface area contributed by atoms with Crippen molar-refractivity contribution in [2.45, 2.75) is 95.3 Å². The van der Waals surface area contributed by atoms with Crippen molar-refractivity contribution < 1.29 is 4.74 Å². The summed E-state index contributed by atoms with van der Waals surface area (Å²) in [7, 11) is 0. The summed E-state index contributed by atoms with van der Waals surface area (Å²) in [6.07, 6.45) is 13.1. The van der Waals surface area contributed by atoms with Crippen LogP contribution in [0.2, 0.25) is 0 Å². The molecule has 2 nitrogen and oxygen atoms in total. The lowest BCUT2D eigenvalue weighted by atomic mass is 9.80. The van der Waals surface area contributed by atoms with E-state index in [1.807, 2.05) is 0 Å². The van der Waals surface area contributed by atoms with Crippen molar-refractivity contribution in [3.8, 4) is 0 Å². The minimum atomic E-state index is 0.0610. The fourth-order valence-electron chi connectivity index (χ4n) is 3.49. The van der Waals surface area contributed by atoms with Crippen LogP contribution in [0.1, 0.15) is 78.1 Å². The zero-order valence-electron chi connectivity index (χ0n) is 11.6. The molecule has 1 unspecified atom stereocenters. The Bertz CT molecular complexity index is 241. The van der Waals surface area contributed by atoms with Gasteiger partial charge in [0.15, 0.2) is 0 Å². The predicted molar refractivity (Wildman–Crippen MR) is 72.0 cm³/mol. The SMILES string of the molecule is CC1(C)CCC(CC2(N)CCCCCCC2)O1. The quantitative estimate of drug-likeness (QED) is 0.796. The van der Waals surface area contributed by atoms with Gasteiger partial charge >= 0.3 is 0 Å². The lowest BCUT2D eigenvalue weighted by Gasteiger charge is -2.34. The van der Waals surface area contributed by atoms with E-state index in [9.17, 15) is 0 Å². The van der Waals surface area contributed by atoms with Crippen LogP contribution >= 0.6 is 0 Å². The van der Waals surface area contributed by atoms with E-state index >= 15 is 0 Å². The summed E-state index contributed by atoms with van der Waals surface area (Å²) >= 11 is 0. The molecule has 2 heteroatoms. The molecule has 0 bridgehead atoms. The highest BCUT2D eigenvalue weighted by atomic mass is 16.5. The fraction of sp³-hybridized carbons (Fsp3) is 1.00. The highest BCUT2D eigenvalue weighted by molar-refractivity contribution is 4.91. The Labute approximate surface area is 106 Å². The number of ether oxygens (including phenoxy) is 1. The van der Waals surface area contributed by atoms with Crippen LogP contribution in [0.25, 0.3) is 0 Å². The van der Waals surface area contributed by atoms with Gasteiger partial charge in [-0.2, -0.15) is 0 Å². The van der Waals surface area contributed by atoms with Gasteiger partial charge in [-0.3, -0.25) is 0 Å². The van der Waals surface area contributed by atoms with Gasteiger partial charge in [0.1, 0.15) is 0 Å². The van der Waals surface area contributed by atoms with Gasteiger partial charge in [0.05, 0.1) is 11.7 Å². The summed E-state index contributed by atoms with van der Waals surface area (Å²) in [6, 6.07) is 0. The first-order valence-electron chi connectivity index (χ1n) is 7.46. The van der Waals surface area contributed by atoms with Crippen LogP contribution in [0.3, 0.4) is 0 Å². The molecule has 1 heterocycles. The molecule has 1 saturated carbocycles. The maximum absolute atomic E-state index is 6.62. The molecule has 2 aliphatic rings. The lowest BCUT2D eigenvalue weighted by Crippen LogP contribution is -2.43. The molecule has 0 aromatic heterocycles. The van der Waals surface area contributed by atoms with Gasteiger partial charge in [-0.15, -0.1) is 0 Å². The van der Waals surface area contributed by atoms with Gasteiger partial charge in [-0.25, -0.2) is 0 Å². The first-order chi connectivity index (χ1) is 7.99. The molecule has 0 aromatic carbocycles. The lowest BCUT2D eigenvalue weighted by molar-refractivity contribution is -0.0286. The van der Waals surface area contributed by atoms with Crippen molar-refractivity contribution in [3.63, 3.8) is 0 Å². The maximum atomic E-state index is 6.62. The van der Waals surface area contributed by atoms with Crippen molar-refractivity contribution in [1.29, 1.82) is 0 Å². The third-order valence-electron chi connectivity index (χ3n) is 4.54. The van der Waals surface area contributed by atoms with Crippen molar-refractivity contribution in [2.75, 3.05) is 0 Å². The standard InChI is InChI=1S/C15H29NO/c1-14(2)11-8-13(17-14)12-15(16)9-6-4-3-5-7-10-15/h13H,3-12,16H2,1-2H3. The maximum Gasteiger partial charge on any atom is 0.0631 e. The van der Waals surface area contributed by atoms with Gasteiger partial charge in [-0.1, -0.05) is 32.1 Å². The fourth-order valence-corrected chi connectivity index (χ4v) is 3.49. The summed E-state index contributed by atoms with van der Waals surface area (Å²) in [4.78, 5) is 0. The van der Waals surface area contributed by atoms with Crippen molar-refractivity contribution in [1.82, 2.24) is 0 Å². The molecular weight excluding hydrogens is 210 g/mol. The van der Waals surface area contributed by atoms with E-state index < -0.39 is 0 Å². The van der Waals surface area contributed by atoms with Gasteiger partial charge in [0.25, 0.3) is 0 Å². The number of nitrogens with two attached hydrogens (primary N) is 1. The normalized spacial score (nSPS) is 33.0. The molecule has 1 atom stereocenters. The van der Waals surface area contributed by atoms with Crippen LogP contribution in [0.15, 0.2) is 0 Å². The molecule has 0 spiro atoms. The van der Waals surface area contributed by atoms with Crippen LogP contribution in [0, 0.1) is 0 Å². The second-order valence-electron chi connectivity index (χ2n) is 6.87. The van der Waals surface area contributed by atoms with Gasteiger partial charge < -0.3 is 10.5 Å². The van der Waals surface area contributed by atoms with E-state index in [1.165, 1.54) is 57.8 Å². The Morgan fingerprint density at radius 3 is 2.12 bits per heavy atom. The summed E-state index contributed by atoms with van der Waals surface area (Å²) in [5.41, 5.74) is 6.76. The Balaban J connectivity index is 1.87. The third-order valence-corrected chi connectivity index (χ3v) is 4.54. The highest BCUT2D eigenvalue weighted by Crippen LogP contribution is 2.36. The molecule has 0 aromatic rings. The minimum Gasteiger partial charge on any atom is -0.372 e. The first-order valence-corrected chi connectivity index (χ1v) is 7.46. The van der Waals surface area contributed by atoms with Crippen molar-refractivity contribution in [2.24, 2.45) is 5.73 Å². The zero-order valence-corrected chi connectivity index (χ0v) is 11.6. The van der Waals surface area contributed by atoms with E-state index in [0.717, 1.165) is 6.42 Å². The molecule has 0 amide bonds. The number of hydrogen-bond acceptors (Lipinski definition) is 2. The average molecular weight is 239 g/mol. The van der Waals surface area contributed by atoms with Crippen molar-refractivity contribution in [3.05, 3.63) is 0 Å². The van der Waals surface area contributed by atoms with E-state index in [0.29, 0.717) is 6.10 Å². The molecule has 1 aliphatic heterocycles. The van der Waals surface area contributed by atoms with Crippen LogP contribution in [0.5, 0.6) is 0 Å². The van der Waals surface area contributed by atoms with E-state index in [-0.39, 0.29) is 11.1 Å². The number of hydrogen-bond donors (Lipinski definition) is 1. The average Bonchev–Trinajstić information content (AvgIpc) is 2.53. The van der Waals surface area contributed by atoms with E-state index in [1.54, 1.807) is 0 Å².